The van der Waals surface area contributed by atoms with Crippen LogP contribution in [0.5, 0.6) is 0 Å². The van der Waals surface area contributed by atoms with E-state index in [1.165, 1.54) is 6.92 Å². The Hall–Kier alpha value is -2.31. The number of hydrogen-bond donors (Lipinski definition) is 3. The van der Waals surface area contributed by atoms with Gasteiger partial charge in [-0.3, -0.25) is 25.2 Å². The van der Waals surface area contributed by atoms with E-state index in [9.17, 15) is 14.4 Å². The van der Waals surface area contributed by atoms with E-state index in [1.54, 1.807) is 19.9 Å². The van der Waals surface area contributed by atoms with Crippen molar-refractivity contribution in [2.45, 2.75) is 27.2 Å². The van der Waals surface area contributed by atoms with Crippen molar-refractivity contribution in [2.24, 2.45) is 0 Å². The second-order valence-electron chi connectivity index (χ2n) is 4.06. The van der Waals surface area contributed by atoms with E-state index in [-0.39, 0.29) is 24.8 Å². The number of carbonyl (C=O) groups is 3. The van der Waals surface area contributed by atoms with Gasteiger partial charge in [-0.15, -0.1) is 0 Å². The molecule has 104 valence electrons. The van der Waals surface area contributed by atoms with E-state index in [1.807, 2.05) is 0 Å². The molecule has 0 radical (unpaired) electrons. The van der Waals surface area contributed by atoms with Gasteiger partial charge in [0.25, 0.3) is 5.91 Å². The van der Waals surface area contributed by atoms with Gasteiger partial charge >= 0.3 is 0 Å². The fraction of sp³-hybridized carbons (Fsp3) is 0.417. The highest BCUT2D eigenvalue weighted by Gasteiger charge is 2.13. The monoisotopic (exact) mass is 267 g/mol. The standard InChI is InChI=1S/C12H17N3O4/c1-7-6-10(8(2)19-7)12(18)15-14-11(17)4-5-13-9(3)16/h6H,4-5H2,1-3H3,(H,13,16)(H,14,17)(H,15,18). The van der Waals surface area contributed by atoms with Crippen molar-refractivity contribution < 1.29 is 18.8 Å². The Kier molecular flexibility index (Phi) is 5.11. The van der Waals surface area contributed by atoms with Gasteiger partial charge in [0, 0.05) is 19.9 Å². The van der Waals surface area contributed by atoms with Gasteiger partial charge in [0.1, 0.15) is 11.5 Å². The predicted molar refractivity (Wildman–Crippen MR) is 67.1 cm³/mol. The van der Waals surface area contributed by atoms with E-state index in [0.717, 1.165) is 0 Å². The summed E-state index contributed by atoms with van der Waals surface area (Å²) in [7, 11) is 0. The molecule has 7 nitrogen and oxygen atoms in total. The molecule has 0 aliphatic heterocycles. The lowest BCUT2D eigenvalue weighted by atomic mass is 10.2. The van der Waals surface area contributed by atoms with E-state index < -0.39 is 5.91 Å². The molecule has 0 aliphatic carbocycles. The summed E-state index contributed by atoms with van der Waals surface area (Å²) in [6.07, 6.45) is 0.0866. The number of rotatable bonds is 4. The maximum Gasteiger partial charge on any atom is 0.273 e. The zero-order valence-electron chi connectivity index (χ0n) is 11.1. The molecular formula is C12H17N3O4. The van der Waals surface area contributed by atoms with Crippen LogP contribution >= 0.6 is 0 Å². The van der Waals surface area contributed by atoms with Crippen LogP contribution in [0, 0.1) is 13.8 Å². The third kappa shape index (κ3) is 4.82. The minimum absolute atomic E-state index is 0.0866. The Labute approximate surface area is 110 Å². The highest BCUT2D eigenvalue weighted by molar-refractivity contribution is 5.96. The summed E-state index contributed by atoms with van der Waals surface area (Å²) >= 11 is 0. The topological polar surface area (TPSA) is 100 Å². The van der Waals surface area contributed by atoms with E-state index in [4.69, 9.17) is 4.42 Å². The van der Waals surface area contributed by atoms with Crippen LogP contribution in [0.15, 0.2) is 10.5 Å². The summed E-state index contributed by atoms with van der Waals surface area (Å²) < 4.78 is 5.21. The lowest BCUT2D eigenvalue weighted by molar-refractivity contribution is -0.122. The molecule has 1 aromatic rings. The van der Waals surface area contributed by atoms with Gasteiger partial charge in [0.05, 0.1) is 5.56 Å². The van der Waals surface area contributed by atoms with Crippen LogP contribution < -0.4 is 16.2 Å². The molecule has 0 aliphatic rings. The first-order valence-electron chi connectivity index (χ1n) is 5.81. The molecule has 0 aromatic carbocycles. The van der Waals surface area contributed by atoms with Crippen LogP contribution in [0.4, 0.5) is 0 Å². The second-order valence-corrected chi connectivity index (χ2v) is 4.06. The van der Waals surface area contributed by atoms with Crippen LogP contribution in [0.3, 0.4) is 0 Å². The maximum atomic E-state index is 11.7. The van der Waals surface area contributed by atoms with Crippen molar-refractivity contribution in [1.29, 1.82) is 0 Å². The van der Waals surface area contributed by atoms with Crippen molar-refractivity contribution in [3.05, 3.63) is 23.2 Å². The summed E-state index contributed by atoms with van der Waals surface area (Å²) in [6, 6.07) is 1.59. The van der Waals surface area contributed by atoms with Crippen molar-refractivity contribution in [2.75, 3.05) is 6.54 Å². The first kappa shape index (κ1) is 14.7. The van der Waals surface area contributed by atoms with Gasteiger partial charge < -0.3 is 9.73 Å². The SMILES string of the molecule is CC(=O)NCCC(=O)NNC(=O)c1cc(C)oc1C. The molecule has 7 heteroatoms. The first-order chi connectivity index (χ1) is 8.90. The summed E-state index contributed by atoms with van der Waals surface area (Å²) in [5.41, 5.74) is 4.91. The zero-order valence-corrected chi connectivity index (χ0v) is 11.1. The molecule has 1 heterocycles. The van der Waals surface area contributed by atoms with Gasteiger partial charge in [-0.2, -0.15) is 0 Å². The number of nitrogens with one attached hydrogen (secondary N) is 3. The molecule has 0 spiro atoms. The highest BCUT2D eigenvalue weighted by Crippen LogP contribution is 2.12. The number of hydrazine groups is 1. The Morgan fingerprint density at radius 3 is 2.42 bits per heavy atom. The van der Waals surface area contributed by atoms with Crippen LogP contribution in [-0.4, -0.2) is 24.3 Å². The average molecular weight is 267 g/mol. The number of amides is 3. The molecule has 0 fully saturated rings. The summed E-state index contributed by atoms with van der Waals surface area (Å²) in [6.45, 7) is 4.99. The van der Waals surface area contributed by atoms with Gasteiger partial charge in [-0.1, -0.05) is 0 Å². The summed E-state index contributed by atoms with van der Waals surface area (Å²) in [4.78, 5) is 33.7. The number of carbonyl (C=O) groups excluding carboxylic acids is 3. The van der Waals surface area contributed by atoms with E-state index in [2.05, 4.69) is 16.2 Å². The molecule has 1 rings (SSSR count). The number of aryl methyl sites for hydroxylation is 2. The fourth-order valence-electron chi connectivity index (χ4n) is 1.46. The zero-order chi connectivity index (χ0) is 14.4. The molecule has 0 bridgehead atoms. The van der Waals surface area contributed by atoms with Gasteiger partial charge in [-0.05, 0) is 19.9 Å². The second kappa shape index (κ2) is 6.58. The predicted octanol–water partition coefficient (Wildman–Crippen LogP) is 0.184. The molecule has 19 heavy (non-hydrogen) atoms. The minimum Gasteiger partial charge on any atom is -0.466 e. The van der Waals surface area contributed by atoms with Gasteiger partial charge in [-0.25, -0.2) is 0 Å². The fourth-order valence-corrected chi connectivity index (χ4v) is 1.46. The Morgan fingerprint density at radius 1 is 1.21 bits per heavy atom. The van der Waals surface area contributed by atoms with Gasteiger partial charge in [0.15, 0.2) is 0 Å². The molecule has 3 N–H and O–H groups in total. The normalized spacial score (nSPS) is 9.84. The van der Waals surface area contributed by atoms with Crippen LogP contribution in [0.1, 0.15) is 35.2 Å². The average Bonchev–Trinajstić information content (AvgIpc) is 2.65. The third-order valence-electron chi connectivity index (χ3n) is 2.33. The molecule has 0 atom stereocenters. The Bertz CT molecular complexity index is 493. The van der Waals surface area contributed by atoms with E-state index >= 15 is 0 Å². The van der Waals surface area contributed by atoms with Crippen molar-refractivity contribution in [3.63, 3.8) is 0 Å². The van der Waals surface area contributed by atoms with Crippen molar-refractivity contribution >= 4 is 17.7 Å². The minimum atomic E-state index is -0.442. The van der Waals surface area contributed by atoms with Crippen molar-refractivity contribution in [3.8, 4) is 0 Å². The number of furan rings is 1. The van der Waals surface area contributed by atoms with Crippen LogP contribution in [-0.2, 0) is 9.59 Å². The summed E-state index contributed by atoms with van der Waals surface area (Å²) in [5, 5.41) is 2.48. The molecule has 0 saturated heterocycles. The molecular weight excluding hydrogens is 250 g/mol. The molecule has 0 saturated carbocycles. The molecule has 0 unspecified atom stereocenters. The Morgan fingerprint density at radius 2 is 1.89 bits per heavy atom. The maximum absolute atomic E-state index is 11.7. The third-order valence-corrected chi connectivity index (χ3v) is 2.33. The number of hydrogen-bond acceptors (Lipinski definition) is 4. The van der Waals surface area contributed by atoms with E-state index in [0.29, 0.717) is 17.1 Å². The molecule has 1 aromatic heterocycles. The van der Waals surface area contributed by atoms with Crippen LogP contribution in [0.2, 0.25) is 0 Å². The smallest absolute Gasteiger partial charge is 0.273 e. The highest BCUT2D eigenvalue weighted by atomic mass is 16.3. The largest absolute Gasteiger partial charge is 0.466 e. The quantitative estimate of drug-likeness (QED) is 0.677. The lowest BCUT2D eigenvalue weighted by Gasteiger charge is -2.06. The summed E-state index contributed by atoms with van der Waals surface area (Å²) in [5.74, 6) is 0.0747. The first-order valence-corrected chi connectivity index (χ1v) is 5.81. The molecule has 3 amide bonds. The van der Waals surface area contributed by atoms with Crippen LogP contribution in [0.25, 0.3) is 0 Å². The Balaban J connectivity index is 2.36. The van der Waals surface area contributed by atoms with Gasteiger partial charge in [0.2, 0.25) is 11.8 Å². The lowest BCUT2D eigenvalue weighted by Crippen LogP contribution is -2.42. The van der Waals surface area contributed by atoms with Crippen molar-refractivity contribution in [1.82, 2.24) is 16.2 Å².